The van der Waals surface area contributed by atoms with E-state index in [-0.39, 0.29) is 11.9 Å². The van der Waals surface area contributed by atoms with Crippen LogP contribution in [0.3, 0.4) is 0 Å². The van der Waals surface area contributed by atoms with Crippen molar-refractivity contribution in [3.05, 3.63) is 54.1 Å². The Morgan fingerprint density at radius 2 is 2.00 bits per heavy atom. The van der Waals surface area contributed by atoms with Gasteiger partial charge in [-0.3, -0.25) is 9.78 Å². The fourth-order valence-corrected chi connectivity index (χ4v) is 3.08. The molecule has 0 aliphatic carbocycles. The molecule has 1 amide bonds. The molecule has 120 valence electrons. The Hall–Kier alpha value is -2.43. The summed E-state index contributed by atoms with van der Waals surface area (Å²) in [6, 6.07) is 8.08. The van der Waals surface area contributed by atoms with E-state index in [4.69, 9.17) is 4.74 Å². The summed E-state index contributed by atoms with van der Waals surface area (Å²) in [5.74, 6) is 0.787. The van der Waals surface area contributed by atoms with Gasteiger partial charge in [-0.1, -0.05) is 25.0 Å². The molecular formula is C18H21N3O2. The predicted molar refractivity (Wildman–Crippen MR) is 87.3 cm³/mol. The Kier molecular flexibility index (Phi) is 4.86. The number of nitrogens with zero attached hydrogens (tertiary/aromatic N) is 3. The first-order valence-electron chi connectivity index (χ1n) is 8.00. The standard InChI is InChI=1S/C18H21N3O2/c1-23-15-8-6-14(7-9-15)17-5-3-2-4-12-21(17)18(22)16-13-19-10-11-20-16/h6-11,13,17H,2-5,12H2,1H3/t17-/m0/s1. The average molecular weight is 311 g/mol. The molecule has 2 heterocycles. The van der Waals surface area contributed by atoms with Gasteiger partial charge in [0.2, 0.25) is 0 Å². The van der Waals surface area contributed by atoms with Crippen LogP contribution in [0.15, 0.2) is 42.9 Å². The Balaban J connectivity index is 1.89. The van der Waals surface area contributed by atoms with Crippen LogP contribution in [-0.4, -0.2) is 34.4 Å². The van der Waals surface area contributed by atoms with Gasteiger partial charge in [0.05, 0.1) is 19.3 Å². The van der Waals surface area contributed by atoms with Gasteiger partial charge in [0.25, 0.3) is 5.91 Å². The number of aromatic nitrogens is 2. The molecule has 1 aliphatic rings. The van der Waals surface area contributed by atoms with Crippen molar-refractivity contribution >= 4 is 5.91 Å². The summed E-state index contributed by atoms with van der Waals surface area (Å²) in [6.45, 7) is 0.756. The van der Waals surface area contributed by atoms with Gasteiger partial charge >= 0.3 is 0 Å². The molecule has 2 aromatic rings. The maximum Gasteiger partial charge on any atom is 0.274 e. The summed E-state index contributed by atoms with van der Waals surface area (Å²) in [5.41, 5.74) is 1.55. The molecule has 1 fully saturated rings. The minimum atomic E-state index is -0.0409. The van der Waals surface area contributed by atoms with E-state index in [2.05, 4.69) is 9.97 Å². The number of methoxy groups -OCH3 is 1. The van der Waals surface area contributed by atoms with Crippen LogP contribution in [0, 0.1) is 0 Å². The van der Waals surface area contributed by atoms with E-state index < -0.39 is 0 Å². The Morgan fingerprint density at radius 1 is 1.17 bits per heavy atom. The van der Waals surface area contributed by atoms with Gasteiger partial charge in [-0.2, -0.15) is 0 Å². The fraction of sp³-hybridized carbons (Fsp3) is 0.389. The van der Waals surface area contributed by atoms with Crippen LogP contribution < -0.4 is 4.74 Å². The van der Waals surface area contributed by atoms with E-state index in [1.54, 1.807) is 19.5 Å². The van der Waals surface area contributed by atoms with Crippen LogP contribution in [-0.2, 0) is 0 Å². The minimum Gasteiger partial charge on any atom is -0.497 e. The monoisotopic (exact) mass is 311 g/mol. The minimum absolute atomic E-state index is 0.0409. The summed E-state index contributed by atoms with van der Waals surface area (Å²) < 4.78 is 5.23. The third kappa shape index (κ3) is 3.50. The summed E-state index contributed by atoms with van der Waals surface area (Å²) in [5, 5.41) is 0. The van der Waals surface area contributed by atoms with Crippen LogP contribution in [0.4, 0.5) is 0 Å². The largest absolute Gasteiger partial charge is 0.497 e. The van der Waals surface area contributed by atoms with Crippen molar-refractivity contribution in [2.45, 2.75) is 31.7 Å². The van der Waals surface area contributed by atoms with E-state index in [1.165, 1.54) is 6.20 Å². The van der Waals surface area contributed by atoms with Crippen molar-refractivity contribution in [2.75, 3.05) is 13.7 Å². The molecular weight excluding hydrogens is 290 g/mol. The van der Waals surface area contributed by atoms with Crippen molar-refractivity contribution in [1.29, 1.82) is 0 Å². The lowest BCUT2D eigenvalue weighted by molar-refractivity contribution is 0.0674. The van der Waals surface area contributed by atoms with E-state index in [9.17, 15) is 4.79 Å². The number of carbonyl (C=O) groups is 1. The number of amides is 1. The van der Waals surface area contributed by atoms with Gasteiger partial charge in [-0.05, 0) is 30.5 Å². The summed E-state index contributed by atoms with van der Waals surface area (Å²) in [4.78, 5) is 23.0. The number of hydrogen-bond acceptors (Lipinski definition) is 4. The molecule has 0 N–H and O–H groups in total. The SMILES string of the molecule is COc1ccc([C@@H]2CCCCCN2C(=O)c2cnccn2)cc1. The second-order valence-electron chi connectivity index (χ2n) is 5.73. The molecule has 1 atom stereocenters. The van der Waals surface area contributed by atoms with Crippen molar-refractivity contribution in [1.82, 2.24) is 14.9 Å². The molecule has 3 rings (SSSR count). The second kappa shape index (κ2) is 7.22. The molecule has 0 saturated carbocycles. The van der Waals surface area contributed by atoms with Crippen molar-refractivity contribution < 1.29 is 9.53 Å². The molecule has 23 heavy (non-hydrogen) atoms. The van der Waals surface area contributed by atoms with Gasteiger partial charge < -0.3 is 9.64 Å². The molecule has 0 spiro atoms. The van der Waals surface area contributed by atoms with Crippen molar-refractivity contribution in [3.63, 3.8) is 0 Å². The molecule has 1 aliphatic heterocycles. The van der Waals surface area contributed by atoms with E-state index in [0.29, 0.717) is 5.69 Å². The van der Waals surface area contributed by atoms with E-state index in [0.717, 1.165) is 43.5 Å². The maximum absolute atomic E-state index is 12.9. The van der Waals surface area contributed by atoms with Gasteiger partial charge in [-0.25, -0.2) is 4.98 Å². The second-order valence-corrected chi connectivity index (χ2v) is 5.73. The zero-order valence-corrected chi connectivity index (χ0v) is 13.3. The number of likely N-dealkylation sites (tertiary alicyclic amines) is 1. The van der Waals surface area contributed by atoms with Gasteiger partial charge in [0, 0.05) is 18.9 Å². The van der Waals surface area contributed by atoms with Crippen molar-refractivity contribution in [2.24, 2.45) is 0 Å². The first kappa shape index (κ1) is 15.5. The molecule has 1 aromatic heterocycles. The highest BCUT2D eigenvalue weighted by Gasteiger charge is 2.28. The summed E-state index contributed by atoms with van der Waals surface area (Å²) in [6.07, 6.45) is 8.96. The highest BCUT2D eigenvalue weighted by atomic mass is 16.5. The first-order chi connectivity index (χ1) is 11.3. The lowest BCUT2D eigenvalue weighted by Gasteiger charge is -2.30. The molecule has 1 saturated heterocycles. The molecule has 0 bridgehead atoms. The fourth-order valence-electron chi connectivity index (χ4n) is 3.08. The Bertz CT molecular complexity index is 643. The predicted octanol–water partition coefficient (Wildman–Crippen LogP) is 3.24. The van der Waals surface area contributed by atoms with Crippen LogP contribution in [0.1, 0.15) is 47.8 Å². The average Bonchev–Trinajstić information content (AvgIpc) is 2.88. The molecule has 0 unspecified atom stereocenters. The normalized spacial score (nSPS) is 18.3. The quantitative estimate of drug-likeness (QED) is 0.873. The lowest BCUT2D eigenvalue weighted by Crippen LogP contribution is -2.35. The maximum atomic E-state index is 12.9. The lowest BCUT2D eigenvalue weighted by atomic mass is 10.0. The Labute approximate surface area is 136 Å². The summed E-state index contributed by atoms with van der Waals surface area (Å²) in [7, 11) is 1.66. The highest BCUT2D eigenvalue weighted by molar-refractivity contribution is 5.92. The number of rotatable bonds is 3. The zero-order chi connectivity index (χ0) is 16.1. The smallest absolute Gasteiger partial charge is 0.274 e. The van der Waals surface area contributed by atoms with Crippen LogP contribution in [0.2, 0.25) is 0 Å². The molecule has 5 heteroatoms. The first-order valence-corrected chi connectivity index (χ1v) is 8.00. The third-order valence-corrected chi connectivity index (χ3v) is 4.30. The topological polar surface area (TPSA) is 55.3 Å². The molecule has 1 aromatic carbocycles. The van der Waals surface area contributed by atoms with E-state index >= 15 is 0 Å². The van der Waals surface area contributed by atoms with Crippen LogP contribution in [0.5, 0.6) is 5.75 Å². The van der Waals surface area contributed by atoms with Gasteiger partial charge in [0.1, 0.15) is 11.4 Å². The number of benzene rings is 1. The summed E-state index contributed by atoms with van der Waals surface area (Å²) >= 11 is 0. The highest BCUT2D eigenvalue weighted by Crippen LogP contribution is 2.32. The van der Waals surface area contributed by atoms with Crippen molar-refractivity contribution in [3.8, 4) is 5.75 Å². The zero-order valence-electron chi connectivity index (χ0n) is 13.3. The number of hydrogen-bond donors (Lipinski definition) is 0. The molecule has 5 nitrogen and oxygen atoms in total. The van der Waals surface area contributed by atoms with Gasteiger partial charge in [0.15, 0.2) is 0 Å². The van der Waals surface area contributed by atoms with Crippen LogP contribution >= 0.6 is 0 Å². The number of ether oxygens (including phenoxy) is 1. The van der Waals surface area contributed by atoms with Crippen LogP contribution in [0.25, 0.3) is 0 Å². The third-order valence-electron chi connectivity index (χ3n) is 4.30. The number of carbonyl (C=O) groups excluding carboxylic acids is 1. The van der Waals surface area contributed by atoms with Gasteiger partial charge in [-0.15, -0.1) is 0 Å². The molecule has 0 radical (unpaired) electrons. The van der Waals surface area contributed by atoms with E-state index in [1.807, 2.05) is 29.2 Å². The Morgan fingerprint density at radius 3 is 2.70 bits per heavy atom.